The van der Waals surface area contributed by atoms with Crippen molar-refractivity contribution < 1.29 is 28.5 Å². The summed E-state index contributed by atoms with van der Waals surface area (Å²) in [5, 5.41) is 0. The molecule has 0 bridgehead atoms. The van der Waals surface area contributed by atoms with Crippen LogP contribution in [0.1, 0.15) is 0 Å². The Labute approximate surface area is 111 Å². The monoisotopic (exact) mass is 268 g/mol. The highest BCUT2D eigenvalue weighted by Crippen LogP contribution is 2.30. The van der Waals surface area contributed by atoms with Crippen LogP contribution in [-0.4, -0.2) is 44.2 Å². The Balaban J connectivity index is 1.88. The topological polar surface area (TPSA) is 71.1 Å². The number of hydrogen-bond acceptors (Lipinski definition) is 6. The molecule has 6 nitrogen and oxygen atoms in total. The van der Waals surface area contributed by atoms with Gasteiger partial charge in [0.2, 0.25) is 0 Å². The van der Waals surface area contributed by atoms with Crippen LogP contribution in [0.5, 0.6) is 0 Å². The average molecular weight is 268 g/mol. The number of ether oxygens (including phenoxy) is 4. The van der Waals surface area contributed by atoms with E-state index in [2.05, 4.69) is 13.2 Å². The van der Waals surface area contributed by atoms with E-state index in [1.165, 1.54) is 12.2 Å². The van der Waals surface area contributed by atoms with Gasteiger partial charge in [-0.25, -0.2) is 0 Å². The number of carbonyl (C=O) groups is 2. The Morgan fingerprint density at radius 2 is 1.16 bits per heavy atom. The second-order valence-corrected chi connectivity index (χ2v) is 4.35. The van der Waals surface area contributed by atoms with E-state index in [4.69, 9.17) is 18.9 Å². The Morgan fingerprint density at radius 1 is 0.842 bits per heavy atom. The van der Waals surface area contributed by atoms with Gasteiger partial charge in [0, 0.05) is 0 Å². The number of carbonyl (C=O) groups excluding carboxylic acids is 2. The zero-order chi connectivity index (χ0) is 13.9. The predicted octanol–water partition coefficient (Wildman–Crippen LogP) is 0.434. The Bertz CT molecular complexity index is 344. The van der Waals surface area contributed by atoms with Gasteiger partial charge in [-0.1, -0.05) is 13.2 Å². The first-order chi connectivity index (χ1) is 9.10. The third kappa shape index (κ3) is 2.98. The highest BCUT2D eigenvalue weighted by molar-refractivity contribution is 5.91. The molecule has 2 aliphatic heterocycles. The van der Waals surface area contributed by atoms with Gasteiger partial charge >= 0.3 is 6.16 Å². The second-order valence-electron chi connectivity index (χ2n) is 4.35. The highest BCUT2D eigenvalue weighted by Gasteiger charge is 2.46. The fourth-order valence-corrected chi connectivity index (χ4v) is 1.82. The molecule has 0 saturated carbocycles. The fraction of sp³-hybridized carbons (Fsp3) is 0.538. The lowest BCUT2D eigenvalue weighted by Crippen LogP contribution is -2.54. The highest BCUT2D eigenvalue weighted by atomic mass is 17.0. The predicted molar refractivity (Wildman–Crippen MR) is 63.9 cm³/mol. The van der Waals surface area contributed by atoms with Crippen LogP contribution in [0.4, 0.5) is 0 Å². The summed E-state index contributed by atoms with van der Waals surface area (Å²) >= 11 is 0. The number of ketones is 2. The van der Waals surface area contributed by atoms with Crippen LogP contribution >= 0.6 is 0 Å². The molecule has 19 heavy (non-hydrogen) atoms. The summed E-state index contributed by atoms with van der Waals surface area (Å²) in [6.45, 7) is 7.34. The summed E-state index contributed by atoms with van der Waals surface area (Å²) in [5.74, 6) is -1.10. The molecule has 0 unspecified atom stereocenters. The number of allylic oxidation sites excluding steroid dienone is 2. The first-order valence-corrected chi connectivity index (χ1v) is 5.98. The first kappa shape index (κ1) is 14.1. The van der Waals surface area contributed by atoms with Crippen molar-refractivity contribution in [1.29, 1.82) is 0 Å². The Hall–Kier alpha value is -1.34. The molecule has 0 atom stereocenters. The van der Waals surface area contributed by atoms with Crippen molar-refractivity contribution in [2.75, 3.05) is 26.4 Å². The van der Waals surface area contributed by atoms with E-state index in [-0.39, 0.29) is 38.0 Å². The van der Waals surface area contributed by atoms with Gasteiger partial charge in [0.05, 0.1) is 38.3 Å². The summed E-state index contributed by atoms with van der Waals surface area (Å²) in [5.41, 5.74) is 0. The van der Waals surface area contributed by atoms with Gasteiger partial charge in [-0.2, -0.15) is 0 Å². The van der Waals surface area contributed by atoms with E-state index in [0.717, 1.165) is 0 Å². The van der Waals surface area contributed by atoms with E-state index in [0.29, 0.717) is 0 Å². The minimum atomic E-state index is -1.59. The molecule has 0 amide bonds. The molecule has 2 saturated heterocycles. The summed E-state index contributed by atoms with van der Waals surface area (Å²) in [6.07, 6.45) is 0.878. The molecule has 0 aromatic rings. The minimum absolute atomic E-state index is 0.130. The normalized spacial score (nSPS) is 34.7. The van der Waals surface area contributed by atoms with Gasteiger partial charge in [-0.3, -0.25) is 9.59 Å². The van der Waals surface area contributed by atoms with Gasteiger partial charge in [0.15, 0.2) is 11.6 Å². The minimum Gasteiger partial charge on any atom is -0.302 e. The molecular weight excluding hydrogens is 252 g/mol. The molecule has 1 spiro atoms. The van der Waals surface area contributed by atoms with Crippen molar-refractivity contribution in [3.63, 3.8) is 0 Å². The lowest BCUT2D eigenvalue weighted by Gasteiger charge is -2.41. The van der Waals surface area contributed by atoms with Crippen molar-refractivity contribution in [2.45, 2.75) is 6.16 Å². The molecule has 2 aliphatic rings. The van der Waals surface area contributed by atoms with E-state index >= 15 is 0 Å². The molecule has 2 rings (SSSR count). The van der Waals surface area contributed by atoms with Gasteiger partial charge in [-0.15, -0.1) is 0 Å². The summed E-state index contributed by atoms with van der Waals surface area (Å²) in [4.78, 5) is 22.8. The number of rotatable bonds is 4. The van der Waals surface area contributed by atoms with Crippen molar-refractivity contribution in [1.82, 2.24) is 0 Å². The molecule has 0 radical (unpaired) electrons. The molecule has 0 N–H and O–H groups in total. The zero-order valence-corrected chi connectivity index (χ0v) is 10.5. The third-order valence-electron chi connectivity index (χ3n) is 3.05. The van der Waals surface area contributed by atoms with E-state index in [1.807, 2.05) is 0 Å². The summed E-state index contributed by atoms with van der Waals surface area (Å²) in [6, 6.07) is 0. The first-order valence-electron chi connectivity index (χ1n) is 5.98. The molecule has 2 fully saturated rings. The molecular formula is C13H16O6. The van der Waals surface area contributed by atoms with E-state index in [1.54, 1.807) is 0 Å². The maximum absolute atomic E-state index is 11.4. The standard InChI is InChI=1S/C13H16O6/c1-3-11(14)9-5-16-13(17-6-9)18-7-10(8-19-13)12(15)4-2/h3-4,9-10H,1-2,5-8H2. The Morgan fingerprint density at radius 3 is 1.42 bits per heavy atom. The second kappa shape index (κ2) is 5.75. The average Bonchev–Trinajstić information content (AvgIpc) is 2.47. The van der Waals surface area contributed by atoms with Crippen LogP contribution in [0.3, 0.4) is 0 Å². The SMILES string of the molecule is C=CC(=O)C1COC2(OC1)OCC(C(=O)C=C)CO2. The maximum atomic E-state index is 11.4. The van der Waals surface area contributed by atoms with Crippen molar-refractivity contribution in [2.24, 2.45) is 11.8 Å². The van der Waals surface area contributed by atoms with Gasteiger partial charge in [-0.05, 0) is 12.2 Å². The number of hydrogen-bond donors (Lipinski definition) is 0. The molecule has 0 aliphatic carbocycles. The van der Waals surface area contributed by atoms with Crippen molar-refractivity contribution in [3.05, 3.63) is 25.3 Å². The molecule has 104 valence electrons. The molecule has 2 heterocycles. The Kier molecular flexibility index (Phi) is 4.26. The zero-order valence-electron chi connectivity index (χ0n) is 10.5. The van der Waals surface area contributed by atoms with Crippen LogP contribution in [-0.2, 0) is 28.5 Å². The summed E-state index contributed by atoms with van der Waals surface area (Å²) < 4.78 is 21.3. The van der Waals surface area contributed by atoms with Crippen molar-refractivity contribution in [3.8, 4) is 0 Å². The van der Waals surface area contributed by atoms with Crippen LogP contribution < -0.4 is 0 Å². The smallest absolute Gasteiger partial charge is 0.302 e. The van der Waals surface area contributed by atoms with E-state index in [9.17, 15) is 9.59 Å². The van der Waals surface area contributed by atoms with Gasteiger partial charge in [0.25, 0.3) is 0 Å². The molecule has 0 aromatic carbocycles. The van der Waals surface area contributed by atoms with E-state index < -0.39 is 18.0 Å². The van der Waals surface area contributed by atoms with Crippen LogP contribution in [0.2, 0.25) is 0 Å². The van der Waals surface area contributed by atoms with Crippen LogP contribution in [0.25, 0.3) is 0 Å². The quantitative estimate of drug-likeness (QED) is 0.689. The molecule has 6 heteroatoms. The third-order valence-corrected chi connectivity index (χ3v) is 3.05. The largest absolute Gasteiger partial charge is 0.412 e. The maximum Gasteiger partial charge on any atom is 0.412 e. The summed E-state index contributed by atoms with van der Waals surface area (Å²) in [7, 11) is 0. The van der Waals surface area contributed by atoms with Gasteiger partial charge in [0.1, 0.15) is 0 Å². The fourth-order valence-electron chi connectivity index (χ4n) is 1.82. The lowest BCUT2D eigenvalue weighted by atomic mass is 10.1. The van der Waals surface area contributed by atoms with Crippen LogP contribution in [0.15, 0.2) is 25.3 Å². The van der Waals surface area contributed by atoms with Crippen molar-refractivity contribution >= 4 is 11.6 Å². The van der Waals surface area contributed by atoms with Gasteiger partial charge < -0.3 is 18.9 Å². The molecule has 0 aromatic heterocycles. The van der Waals surface area contributed by atoms with Crippen LogP contribution in [0, 0.1) is 11.8 Å². The lowest BCUT2D eigenvalue weighted by molar-refractivity contribution is -0.531.